The summed E-state index contributed by atoms with van der Waals surface area (Å²) in [5.74, 6) is 0.183. The van der Waals surface area contributed by atoms with Gasteiger partial charge in [0.25, 0.3) is 0 Å². The molecule has 0 unspecified atom stereocenters. The predicted molar refractivity (Wildman–Crippen MR) is 84.8 cm³/mol. The van der Waals surface area contributed by atoms with Crippen molar-refractivity contribution in [2.24, 2.45) is 0 Å². The van der Waals surface area contributed by atoms with E-state index in [9.17, 15) is 10.0 Å². The van der Waals surface area contributed by atoms with E-state index in [1.165, 1.54) is 6.20 Å². The Balaban J connectivity index is 2.27. The first-order valence-corrected chi connectivity index (χ1v) is 7.69. The van der Waals surface area contributed by atoms with Crippen LogP contribution in [0.25, 0.3) is 0 Å². The van der Waals surface area contributed by atoms with Gasteiger partial charge in [-0.3, -0.25) is 0 Å². The van der Waals surface area contributed by atoms with Gasteiger partial charge in [0.1, 0.15) is 6.61 Å². The van der Waals surface area contributed by atoms with Gasteiger partial charge in [0.2, 0.25) is 5.88 Å². The highest BCUT2D eigenvalue weighted by Gasteiger charge is 2.18. The molecule has 0 bridgehead atoms. The summed E-state index contributed by atoms with van der Waals surface area (Å²) < 4.78 is 10.9. The molecule has 0 atom stereocenters. The van der Waals surface area contributed by atoms with Gasteiger partial charge in [-0.2, -0.15) is 0 Å². The SMILES string of the molecule is CCCOC(=O)c1cccc(C(C)C)c1COc1ccn(O)n1. The van der Waals surface area contributed by atoms with Crippen LogP contribution in [0.15, 0.2) is 30.5 Å². The second-order valence-corrected chi connectivity index (χ2v) is 5.53. The van der Waals surface area contributed by atoms with E-state index in [0.717, 1.165) is 17.5 Å². The highest BCUT2D eigenvalue weighted by Crippen LogP contribution is 2.25. The largest absolute Gasteiger partial charge is 0.472 e. The monoisotopic (exact) mass is 318 g/mol. The van der Waals surface area contributed by atoms with Gasteiger partial charge in [-0.25, -0.2) is 4.79 Å². The normalized spacial score (nSPS) is 10.8. The molecule has 0 amide bonds. The number of hydrogen-bond acceptors (Lipinski definition) is 5. The van der Waals surface area contributed by atoms with Gasteiger partial charge in [-0.05, 0) is 24.0 Å². The number of hydrogen-bond donors (Lipinski definition) is 1. The number of esters is 1. The second-order valence-electron chi connectivity index (χ2n) is 5.53. The molecule has 6 nitrogen and oxygen atoms in total. The van der Waals surface area contributed by atoms with Crippen LogP contribution in [0, 0.1) is 0 Å². The van der Waals surface area contributed by atoms with Gasteiger partial charge >= 0.3 is 5.97 Å². The lowest BCUT2D eigenvalue weighted by Gasteiger charge is -2.16. The van der Waals surface area contributed by atoms with Gasteiger partial charge in [0.05, 0.1) is 18.4 Å². The quantitative estimate of drug-likeness (QED) is 0.626. The van der Waals surface area contributed by atoms with E-state index in [-0.39, 0.29) is 18.5 Å². The molecule has 0 aliphatic heterocycles. The number of nitrogens with zero attached hydrogens (tertiary/aromatic N) is 2. The molecule has 1 N–H and O–H groups in total. The first kappa shape index (κ1) is 16.9. The first-order valence-electron chi connectivity index (χ1n) is 7.69. The Morgan fingerprint density at radius 2 is 2.13 bits per heavy atom. The fourth-order valence-electron chi connectivity index (χ4n) is 2.29. The fourth-order valence-corrected chi connectivity index (χ4v) is 2.29. The van der Waals surface area contributed by atoms with Gasteiger partial charge in [-0.1, -0.05) is 38.0 Å². The Morgan fingerprint density at radius 3 is 2.74 bits per heavy atom. The molecular formula is C17H22N2O4. The summed E-state index contributed by atoms with van der Waals surface area (Å²) >= 11 is 0. The van der Waals surface area contributed by atoms with E-state index in [1.54, 1.807) is 12.1 Å². The molecule has 0 aliphatic carbocycles. The summed E-state index contributed by atoms with van der Waals surface area (Å²) in [5, 5.41) is 12.9. The van der Waals surface area contributed by atoms with E-state index in [4.69, 9.17) is 9.47 Å². The molecule has 0 radical (unpaired) electrons. The Labute approximate surface area is 135 Å². The Hall–Kier alpha value is -2.50. The molecule has 1 heterocycles. The van der Waals surface area contributed by atoms with Gasteiger partial charge in [-0.15, -0.1) is 4.85 Å². The van der Waals surface area contributed by atoms with Crippen LogP contribution in [-0.2, 0) is 11.3 Å². The van der Waals surface area contributed by atoms with E-state index in [0.29, 0.717) is 22.9 Å². The van der Waals surface area contributed by atoms with E-state index in [2.05, 4.69) is 18.9 Å². The van der Waals surface area contributed by atoms with Crippen molar-refractivity contribution in [1.29, 1.82) is 0 Å². The maximum atomic E-state index is 12.3. The minimum absolute atomic E-state index is 0.182. The van der Waals surface area contributed by atoms with E-state index in [1.807, 2.05) is 19.1 Å². The predicted octanol–water partition coefficient (Wildman–Crippen LogP) is 3.39. The van der Waals surface area contributed by atoms with Crippen LogP contribution in [0.4, 0.5) is 0 Å². The minimum atomic E-state index is -0.347. The standard InChI is InChI=1S/C17H22N2O4/c1-4-10-22-17(20)14-7-5-6-13(12(2)3)15(14)11-23-16-8-9-19(21)18-16/h5-9,12,21H,4,10-11H2,1-3H3. The molecule has 6 heteroatoms. The van der Waals surface area contributed by atoms with Crippen LogP contribution in [0.1, 0.15) is 54.6 Å². The van der Waals surface area contributed by atoms with Crippen LogP contribution in [-0.4, -0.2) is 27.7 Å². The lowest BCUT2D eigenvalue weighted by atomic mass is 9.93. The zero-order valence-electron chi connectivity index (χ0n) is 13.7. The zero-order valence-corrected chi connectivity index (χ0v) is 13.7. The molecule has 0 saturated carbocycles. The molecule has 2 aromatic rings. The number of carbonyl (C=O) groups is 1. The van der Waals surface area contributed by atoms with Gasteiger partial charge in [0, 0.05) is 11.6 Å². The Kier molecular flexibility index (Phi) is 5.62. The van der Waals surface area contributed by atoms with Crippen molar-refractivity contribution >= 4 is 5.97 Å². The third-order valence-electron chi connectivity index (χ3n) is 3.41. The van der Waals surface area contributed by atoms with Gasteiger partial charge in [0.15, 0.2) is 0 Å². The van der Waals surface area contributed by atoms with Crippen LogP contribution in [0.5, 0.6) is 5.88 Å². The third kappa shape index (κ3) is 4.25. The van der Waals surface area contributed by atoms with Crippen molar-refractivity contribution in [3.05, 3.63) is 47.2 Å². The van der Waals surface area contributed by atoms with E-state index >= 15 is 0 Å². The highest BCUT2D eigenvalue weighted by atomic mass is 16.5. The summed E-state index contributed by atoms with van der Waals surface area (Å²) in [7, 11) is 0. The molecule has 124 valence electrons. The summed E-state index contributed by atoms with van der Waals surface area (Å²) in [4.78, 5) is 13.0. The van der Waals surface area contributed by atoms with Gasteiger partial charge < -0.3 is 14.7 Å². The molecule has 23 heavy (non-hydrogen) atoms. The molecular weight excluding hydrogens is 296 g/mol. The highest BCUT2D eigenvalue weighted by molar-refractivity contribution is 5.91. The number of carbonyl (C=O) groups excluding carboxylic acids is 1. The smallest absolute Gasteiger partial charge is 0.338 e. The molecule has 0 saturated heterocycles. The maximum absolute atomic E-state index is 12.3. The Morgan fingerprint density at radius 1 is 1.35 bits per heavy atom. The average Bonchev–Trinajstić information content (AvgIpc) is 2.95. The van der Waals surface area contributed by atoms with Crippen molar-refractivity contribution in [3.8, 4) is 5.88 Å². The maximum Gasteiger partial charge on any atom is 0.338 e. The summed E-state index contributed by atoms with van der Waals surface area (Å²) in [6.07, 6.45) is 2.15. The van der Waals surface area contributed by atoms with Crippen LogP contribution in [0.3, 0.4) is 0 Å². The van der Waals surface area contributed by atoms with Crippen molar-refractivity contribution in [2.45, 2.75) is 39.7 Å². The number of ether oxygens (including phenoxy) is 2. The van der Waals surface area contributed by atoms with E-state index < -0.39 is 0 Å². The van der Waals surface area contributed by atoms with Crippen molar-refractivity contribution in [2.75, 3.05) is 6.61 Å². The number of rotatable bonds is 7. The summed E-state index contributed by atoms with van der Waals surface area (Å²) in [6.45, 7) is 6.64. The van der Waals surface area contributed by atoms with Crippen molar-refractivity contribution in [3.63, 3.8) is 0 Å². The number of benzene rings is 1. The van der Waals surface area contributed by atoms with Crippen LogP contribution >= 0.6 is 0 Å². The zero-order chi connectivity index (χ0) is 16.8. The lowest BCUT2D eigenvalue weighted by molar-refractivity contribution is 0.0501. The molecule has 1 aromatic carbocycles. The van der Waals surface area contributed by atoms with Crippen LogP contribution in [0.2, 0.25) is 0 Å². The molecule has 1 aromatic heterocycles. The average molecular weight is 318 g/mol. The Bertz CT molecular complexity index is 664. The fraction of sp³-hybridized carbons (Fsp3) is 0.412. The van der Waals surface area contributed by atoms with Crippen molar-refractivity contribution in [1.82, 2.24) is 9.94 Å². The molecule has 0 aliphatic rings. The third-order valence-corrected chi connectivity index (χ3v) is 3.41. The first-order chi connectivity index (χ1) is 11.0. The van der Waals surface area contributed by atoms with Crippen LogP contribution < -0.4 is 4.74 Å². The van der Waals surface area contributed by atoms with Crippen molar-refractivity contribution < 1.29 is 19.5 Å². The lowest BCUT2D eigenvalue weighted by Crippen LogP contribution is -2.13. The number of aromatic nitrogens is 2. The summed E-state index contributed by atoms with van der Waals surface area (Å²) in [6, 6.07) is 7.12. The summed E-state index contributed by atoms with van der Waals surface area (Å²) in [5.41, 5.74) is 2.32. The second kappa shape index (κ2) is 7.67. The topological polar surface area (TPSA) is 73.6 Å². The minimum Gasteiger partial charge on any atom is -0.472 e. The molecule has 0 spiro atoms. The molecule has 2 rings (SSSR count). The molecule has 0 fully saturated rings.